The number of hydrogen-bond donors (Lipinski definition) is 1. The summed E-state index contributed by atoms with van der Waals surface area (Å²) in [6.07, 6.45) is 0.250. The van der Waals surface area contributed by atoms with Gasteiger partial charge in [0.05, 0.1) is 16.7 Å². The second-order valence-corrected chi connectivity index (χ2v) is 4.49. The number of nitro groups is 1. The third-order valence-electron chi connectivity index (χ3n) is 2.94. The van der Waals surface area contributed by atoms with Gasteiger partial charge >= 0.3 is 0 Å². The van der Waals surface area contributed by atoms with Gasteiger partial charge in [0.15, 0.2) is 23.3 Å². The molecule has 0 saturated carbocycles. The summed E-state index contributed by atoms with van der Waals surface area (Å²) in [5.74, 6) is -11.8. The summed E-state index contributed by atoms with van der Waals surface area (Å²) in [5, 5.41) is 13.6. The van der Waals surface area contributed by atoms with E-state index in [0.717, 1.165) is 24.3 Å². The molecule has 0 aliphatic rings. The number of halogens is 5. The van der Waals surface area contributed by atoms with Gasteiger partial charge in [-0.25, -0.2) is 27.4 Å². The molecule has 0 bridgehead atoms. The number of non-ortho nitro benzene ring substituents is 1. The summed E-state index contributed by atoms with van der Waals surface area (Å²) in [4.78, 5) is 21.5. The van der Waals surface area contributed by atoms with Crippen LogP contribution in [0, 0.1) is 39.2 Å². The van der Waals surface area contributed by atoms with E-state index in [1.165, 1.54) is 0 Å². The molecule has 2 aromatic carbocycles. The molecule has 11 heteroatoms. The predicted octanol–water partition coefficient (Wildman–Crippen LogP) is 3.05. The number of carbonyl (C=O) groups excluding carboxylic acids is 1. The molecule has 0 aliphatic carbocycles. The Bertz CT molecular complexity index is 855. The molecular weight excluding hydrogens is 353 g/mol. The minimum Gasteiger partial charge on any atom is -0.267 e. The summed E-state index contributed by atoms with van der Waals surface area (Å²) in [7, 11) is 0. The number of hydrogen-bond acceptors (Lipinski definition) is 4. The number of nitrogens with one attached hydrogen (secondary N) is 1. The van der Waals surface area contributed by atoms with Crippen molar-refractivity contribution < 1.29 is 31.7 Å². The Kier molecular flexibility index (Phi) is 5.05. The van der Waals surface area contributed by atoms with Crippen molar-refractivity contribution in [3.05, 3.63) is 74.6 Å². The van der Waals surface area contributed by atoms with E-state index in [1.54, 1.807) is 5.43 Å². The van der Waals surface area contributed by atoms with Crippen LogP contribution in [0.5, 0.6) is 0 Å². The minimum absolute atomic E-state index is 0.0832. The molecule has 1 N–H and O–H groups in total. The molecule has 0 aliphatic heterocycles. The number of hydrazone groups is 1. The fourth-order valence-electron chi connectivity index (χ4n) is 1.69. The van der Waals surface area contributed by atoms with Crippen molar-refractivity contribution in [1.82, 2.24) is 5.43 Å². The van der Waals surface area contributed by atoms with Crippen molar-refractivity contribution in [3.63, 3.8) is 0 Å². The maximum Gasteiger partial charge on any atom is 0.271 e. The molecule has 0 spiro atoms. The molecule has 2 rings (SSSR count). The zero-order chi connectivity index (χ0) is 18.7. The van der Waals surface area contributed by atoms with E-state index in [-0.39, 0.29) is 17.5 Å². The van der Waals surface area contributed by atoms with Crippen LogP contribution < -0.4 is 5.43 Å². The molecule has 0 fully saturated rings. The average Bonchev–Trinajstić information content (AvgIpc) is 2.61. The smallest absolute Gasteiger partial charge is 0.267 e. The zero-order valence-electron chi connectivity index (χ0n) is 11.9. The summed E-state index contributed by atoms with van der Waals surface area (Å²) in [5.41, 5.74) is 0.100. The Hall–Kier alpha value is -3.37. The number of nitrogens with zero attached hydrogens (tertiary/aromatic N) is 2. The van der Waals surface area contributed by atoms with Crippen molar-refractivity contribution in [2.45, 2.75) is 0 Å². The highest BCUT2D eigenvalue weighted by atomic mass is 19.2. The van der Waals surface area contributed by atoms with Crippen molar-refractivity contribution >= 4 is 17.8 Å². The van der Waals surface area contributed by atoms with Crippen LogP contribution >= 0.6 is 0 Å². The molecule has 0 aromatic heterocycles. The number of rotatable bonds is 4. The lowest BCUT2D eigenvalue weighted by Gasteiger charge is -2.04. The van der Waals surface area contributed by atoms with E-state index in [1.807, 2.05) is 0 Å². The molecule has 2 aromatic rings. The lowest BCUT2D eigenvalue weighted by atomic mass is 10.2. The van der Waals surface area contributed by atoms with Crippen LogP contribution in [-0.4, -0.2) is 17.0 Å². The topological polar surface area (TPSA) is 84.6 Å². The standard InChI is InChI=1S/C14H6F5N3O3/c15-9-8(10(16)12(18)13(19)11(9)17)5-20-21-14(23)6-1-3-7(4-2-6)22(24)25/h1-5H,(H,21,23)/b20-5-. The van der Waals surface area contributed by atoms with Gasteiger partial charge in [0, 0.05) is 17.7 Å². The highest BCUT2D eigenvalue weighted by molar-refractivity contribution is 5.95. The van der Waals surface area contributed by atoms with E-state index in [9.17, 15) is 36.9 Å². The fourth-order valence-corrected chi connectivity index (χ4v) is 1.69. The quantitative estimate of drug-likeness (QED) is 0.227. The van der Waals surface area contributed by atoms with Crippen molar-refractivity contribution in [2.75, 3.05) is 0 Å². The largest absolute Gasteiger partial charge is 0.271 e. The van der Waals surface area contributed by atoms with Crippen LogP contribution in [0.2, 0.25) is 0 Å². The van der Waals surface area contributed by atoms with Crippen LogP contribution in [-0.2, 0) is 0 Å². The zero-order valence-corrected chi connectivity index (χ0v) is 11.9. The van der Waals surface area contributed by atoms with Gasteiger partial charge in [-0.3, -0.25) is 14.9 Å². The molecule has 0 saturated heterocycles. The average molecular weight is 359 g/mol. The SMILES string of the molecule is O=C(N/N=C\c1c(F)c(F)c(F)c(F)c1F)c1ccc([N+](=O)[O-])cc1. The summed E-state index contributed by atoms with van der Waals surface area (Å²) >= 11 is 0. The Labute approximate surface area is 135 Å². The second-order valence-electron chi connectivity index (χ2n) is 4.49. The molecule has 1 amide bonds. The Morgan fingerprint density at radius 1 is 0.960 bits per heavy atom. The van der Waals surface area contributed by atoms with Gasteiger partial charge in [-0.2, -0.15) is 5.10 Å². The number of nitro benzene ring substituents is 1. The summed E-state index contributed by atoms with van der Waals surface area (Å²) in [6.45, 7) is 0. The first kappa shape index (κ1) is 18.0. The van der Waals surface area contributed by atoms with Crippen molar-refractivity contribution in [1.29, 1.82) is 0 Å². The number of benzene rings is 2. The number of carbonyl (C=O) groups is 1. The summed E-state index contributed by atoms with van der Waals surface area (Å²) in [6, 6.07) is 4.23. The van der Waals surface area contributed by atoms with E-state index >= 15 is 0 Å². The van der Waals surface area contributed by atoms with E-state index < -0.39 is 45.5 Å². The Morgan fingerprint density at radius 2 is 1.44 bits per heavy atom. The molecule has 6 nitrogen and oxygen atoms in total. The van der Waals surface area contributed by atoms with Gasteiger partial charge in [-0.15, -0.1) is 0 Å². The third kappa shape index (κ3) is 3.59. The molecular formula is C14H6F5N3O3. The highest BCUT2D eigenvalue weighted by Crippen LogP contribution is 2.21. The molecule has 0 heterocycles. The summed E-state index contributed by atoms with van der Waals surface area (Å²) < 4.78 is 65.6. The molecule has 130 valence electrons. The molecule has 0 atom stereocenters. The Balaban J connectivity index is 2.18. The molecule has 0 radical (unpaired) electrons. The number of amides is 1. The van der Waals surface area contributed by atoms with Crippen LogP contribution in [0.15, 0.2) is 29.4 Å². The fraction of sp³-hybridized carbons (Fsp3) is 0. The maximum atomic E-state index is 13.4. The third-order valence-corrected chi connectivity index (χ3v) is 2.94. The van der Waals surface area contributed by atoms with E-state index in [2.05, 4.69) is 5.10 Å². The van der Waals surface area contributed by atoms with Crippen molar-refractivity contribution in [3.8, 4) is 0 Å². The van der Waals surface area contributed by atoms with Gasteiger partial charge in [0.2, 0.25) is 5.82 Å². The van der Waals surface area contributed by atoms with E-state index in [4.69, 9.17) is 0 Å². The maximum absolute atomic E-state index is 13.4. The lowest BCUT2D eigenvalue weighted by Crippen LogP contribution is -2.18. The van der Waals surface area contributed by atoms with Crippen LogP contribution in [0.3, 0.4) is 0 Å². The van der Waals surface area contributed by atoms with Crippen LogP contribution in [0.25, 0.3) is 0 Å². The van der Waals surface area contributed by atoms with Crippen LogP contribution in [0.4, 0.5) is 27.6 Å². The normalized spacial score (nSPS) is 10.9. The van der Waals surface area contributed by atoms with Crippen molar-refractivity contribution in [2.24, 2.45) is 5.10 Å². The van der Waals surface area contributed by atoms with Crippen LogP contribution in [0.1, 0.15) is 15.9 Å². The van der Waals surface area contributed by atoms with Gasteiger partial charge in [0.25, 0.3) is 11.6 Å². The first-order valence-corrected chi connectivity index (χ1v) is 6.33. The second kappa shape index (κ2) is 7.03. The molecule has 0 unspecified atom stereocenters. The highest BCUT2D eigenvalue weighted by Gasteiger charge is 2.24. The Morgan fingerprint density at radius 3 is 1.92 bits per heavy atom. The lowest BCUT2D eigenvalue weighted by molar-refractivity contribution is -0.384. The first-order valence-electron chi connectivity index (χ1n) is 6.33. The van der Waals surface area contributed by atoms with Gasteiger partial charge in [-0.1, -0.05) is 0 Å². The van der Waals surface area contributed by atoms with E-state index in [0.29, 0.717) is 0 Å². The van der Waals surface area contributed by atoms with Gasteiger partial charge in [0.1, 0.15) is 0 Å². The first-order chi connectivity index (χ1) is 11.7. The monoisotopic (exact) mass is 359 g/mol. The van der Waals surface area contributed by atoms with Gasteiger partial charge < -0.3 is 0 Å². The molecule has 25 heavy (non-hydrogen) atoms. The minimum atomic E-state index is -2.32. The van der Waals surface area contributed by atoms with Gasteiger partial charge in [-0.05, 0) is 12.1 Å². The predicted molar refractivity (Wildman–Crippen MR) is 74.4 cm³/mol.